The molecule has 0 aliphatic carbocycles. The van der Waals surface area contributed by atoms with Crippen molar-refractivity contribution >= 4 is 27.7 Å². The third kappa shape index (κ3) is 4.34. The predicted octanol–water partition coefficient (Wildman–Crippen LogP) is 5.19. The second kappa shape index (κ2) is 8.95. The van der Waals surface area contributed by atoms with Crippen LogP contribution in [0.3, 0.4) is 0 Å². The van der Waals surface area contributed by atoms with Gasteiger partial charge in [-0.05, 0) is 24.3 Å². The normalized spacial score (nSPS) is 11.5. The van der Waals surface area contributed by atoms with Gasteiger partial charge < -0.3 is 14.8 Å². The number of anilines is 1. The summed E-state index contributed by atoms with van der Waals surface area (Å²) in [6, 6.07) is 6.84. The van der Waals surface area contributed by atoms with E-state index in [9.17, 15) is 13.6 Å². The number of rotatable bonds is 3. The quantitative estimate of drug-likeness (QED) is 0.578. The molecule has 150 valence electrons. The van der Waals surface area contributed by atoms with Gasteiger partial charge in [-0.1, -0.05) is 29.8 Å². The molecule has 4 rings (SSSR count). The summed E-state index contributed by atoms with van der Waals surface area (Å²) in [5.74, 6) is -1.63. The molecule has 0 saturated heterocycles. The lowest BCUT2D eigenvalue weighted by atomic mass is 10.1. The molecule has 1 aromatic carbocycles. The average molecular weight is 464 g/mol. The summed E-state index contributed by atoms with van der Waals surface area (Å²) >= 11 is 3.47. The molecule has 0 spiro atoms. The van der Waals surface area contributed by atoms with Gasteiger partial charge in [-0.2, -0.15) is 0 Å². The van der Waals surface area contributed by atoms with Crippen LogP contribution in [0.25, 0.3) is 11.1 Å². The van der Waals surface area contributed by atoms with Gasteiger partial charge in [-0.15, -0.1) is 0 Å². The summed E-state index contributed by atoms with van der Waals surface area (Å²) in [5, 5.41) is 2.36. The molecule has 3 aromatic rings. The maximum atomic E-state index is 13.6. The lowest BCUT2D eigenvalue weighted by Gasteiger charge is -2.09. The van der Waals surface area contributed by atoms with Crippen LogP contribution >= 0.6 is 15.9 Å². The summed E-state index contributed by atoms with van der Waals surface area (Å²) in [5.41, 5.74) is 0.852. The molecule has 0 atom stereocenters. The van der Waals surface area contributed by atoms with Gasteiger partial charge in [0.1, 0.15) is 11.4 Å². The minimum atomic E-state index is -1.05. The van der Waals surface area contributed by atoms with E-state index in [0.29, 0.717) is 11.5 Å². The van der Waals surface area contributed by atoms with Crippen molar-refractivity contribution in [3.05, 3.63) is 64.5 Å². The lowest BCUT2D eigenvalue weighted by Crippen LogP contribution is -2.16. The van der Waals surface area contributed by atoms with Crippen LogP contribution in [0, 0.1) is 11.6 Å². The van der Waals surface area contributed by atoms with Crippen LogP contribution in [0.15, 0.2) is 47.3 Å². The number of pyridine rings is 2. The van der Waals surface area contributed by atoms with Crippen molar-refractivity contribution in [3.8, 4) is 22.6 Å². The molecule has 3 heterocycles. The molecular weight excluding hydrogens is 448 g/mol. The van der Waals surface area contributed by atoms with Gasteiger partial charge in [0, 0.05) is 21.8 Å². The number of benzene rings is 1. The first-order chi connectivity index (χ1) is 14.0. The van der Waals surface area contributed by atoms with E-state index in [0.717, 1.165) is 28.0 Å². The van der Waals surface area contributed by atoms with Crippen molar-refractivity contribution in [2.45, 2.75) is 13.8 Å². The van der Waals surface area contributed by atoms with Crippen LogP contribution in [0.2, 0.25) is 0 Å². The van der Waals surface area contributed by atoms with Crippen molar-refractivity contribution in [3.63, 3.8) is 0 Å². The molecule has 2 aromatic heterocycles. The van der Waals surface area contributed by atoms with Gasteiger partial charge in [0.15, 0.2) is 23.1 Å². The number of carbonyl (C=O) groups is 1. The molecule has 0 unspecified atom stereocenters. The molecule has 0 fully saturated rings. The minimum Gasteiger partial charge on any atom is -0.454 e. The molecule has 0 bridgehead atoms. The maximum absolute atomic E-state index is 13.6. The Hall–Kier alpha value is -3.07. The Morgan fingerprint density at radius 3 is 2.34 bits per heavy atom. The van der Waals surface area contributed by atoms with Crippen molar-refractivity contribution in [1.29, 1.82) is 0 Å². The number of fused-ring (bicyclic) bond motifs is 1. The van der Waals surface area contributed by atoms with Crippen molar-refractivity contribution in [2.24, 2.45) is 0 Å². The highest BCUT2D eigenvalue weighted by Crippen LogP contribution is 2.40. The number of hydrogen-bond donors (Lipinski definition) is 1. The average Bonchev–Trinajstić information content (AvgIpc) is 3.16. The summed E-state index contributed by atoms with van der Waals surface area (Å²) in [4.78, 5) is 19.6. The fourth-order valence-corrected chi connectivity index (χ4v) is 3.12. The fourth-order valence-electron chi connectivity index (χ4n) is 2.57. The standard InChI is InChI=1S/C18H10BrF2N3O3.C2H6/c19-11-4-15-14(26-8-27-15)3-10(11)9-1-2-16(23-5-9)24-18(25)17-12(20)6-22-7-13(17)21;1-2/h1-7H,8H2,(H,23,24,25);1-2H3. The Balaban J connectivity index is 0.00000117. The fraction of sp³-hybridized carbons (Fsp3) is 0.150. The van der Waals surface area contributed by atoms with Crippen LogP contribution < -0.4 is 14.8 Å². The van der Waals surface area contributed by atoms with E-state index in [1.165, 1.54) is 12.3 Å². The van der Waals surface area contributed by atoms with Crippen LogP contribution in [0.4, 0.5) is 14.6 Å². The molecule has 0 radical (unpaired) electrons. The molecule has 6 nitrogen and oxygen atoms in total. The smallest absolute Gasteiger partial charge is 0.262 e. The van der Waals surface area contributed by atoms with Crippen molar-refractivity contribution < 1.29 is 23.0 Å². The first kappa shape index (κ1) is 20.7. The lowest BCUT2D eigenvalue weighted by molar-refractivity contribution is 0.101. The Morgan fingerprint density at radius 1 is 1.07 bits per heavy atom. The number of ether oxygens (including phenoxy) is 2. The zero-order valence-corrected chi connectivity index (χ0v) is 17.1. The van der Waals surface area contributed by atoms with Crippen LogP contribution in [-0.4, -0.2) is 22.7 Å². The Kier molecular flexibility index (Phi) is 6.38. The molecule has 1 N–H and O–H groups in total. The number of hydrogen-bond acceptors (Lipinski definition) is 5. The minimum absolute atomic E-state index is 0.149. The number of halogens is 3. The highest BCUT2D eigenvalue weighted by atomic mass is 79.9. The number of carbonyl (C=O) groups excluding carboxylic acids is 1. The van der Waals surface area contributed by atoms with Gasteiger partial charge in [0.25, 0.3) is 5.91 Å². The third-order valence-electron chi connectivity index (χ3n) is 3.86. The molecule has 9 heteroatoms. The molecule has 1 aliphatic rings. The number of aromatic nitrogens is 2. The van der Waals surface area contributed by atoms with Gasteiger partial charge >= 0.3 is 0 Å². The maximum Gasteiger partial charge on any atom is 0.262 e. The molecule has 1 amide bonds. The molecule has 1 aliphatic heterocycles. The van der Waals surface area contributed by atoms with E-state index in [-0.39, 0.29) is 12.6 Å². The van der Waals surface area contributed by atoms with Gasteiger partial charge in [-0.25, -0.2) is 13.8 Å². The van der Waals surface area contributed by atoms with Crippen LogP contribution in [0.1, 0.15) is 24.2 Å². The SMILES string of the molecule is CC.O=C(Nc1ccc(-c2cc3c(cc2Br)OCO3)cn1)c1c(F)cncc1F. The Labute approximate surface area is 174 Å². The summed E-state index contributed by atoms with van der Waals surface area (Å²) < 4.78 is 38.7. The largest absolute Gasteiger partial charge is 0.454 e. The Morgan fingerprint density at radius 2 is 1.72 bits per heavy atom. The first-order valence-electron chi connectivity index (χ1n) is 8.69. The Bertz CT molecular complexity index is 1030. The highest BCUT2D eigenvalue weighted by Gasteiger charge is 2.19. The monoisotopic (exact) mass is 463 g/mol. The molecular formula is C20H16BrF2N3O3. The summed E-state index contributed by atoms with van der Waals surface area (Å²) in [7, 11) is 0. The van der Waals surface area contributed by atoms with Crippen LogP contribution in [-0.2, 0) is 0 Å². The first-order valence-corrected chi connectivity index (χ1v) is 9.48. The number of nitrogens with zero attached hydrogens (tertiary/aromatic N) is 2. The summed E-state index contributed by atoms with van der Waals surface area (Å²) in [6.07, 6.45) is 3.06. The summed E-state index contributed by atoms with van der Waals surface area (Å²) in [6.45, 7) is 4.16. The number of nitrogens with one attached hydrogen (secondary N) is 1. The second-order valence-electron chi connectivity index (χ2n) is 5.55. The van der Waals surface area contributed by atoms with Crippen molar-refractivity contribution in [1.82, 2.24) is 9.97 Å². The van der Waals surface area contributed by atoms with E-state index in [4.69, 9.17) is 9.47 Å². The van der Waals surface area contributed by atoms with E-state index < -0.39 is 23.1 Å². The zero-order valence-electron chi connectivity index (χ0n) is 15.5. The number of amides is 1. The third-order valence-corrected chi connectivity index (χ3v) is 4.51. The van der Waals surface area contributed by atoms with Gasteiger partial charge in [-0.3, -0.25) is 9.78 Å². The predicted molar refractivity (Wildman–Crippen MR) is 107 cm³/mol. The van der Waals surface area contributed by atoms with E-state index >= 15 is 0 Å². The topological polar surface area (TPSA) is 73.3 Å². The van der Waals surface area contributed by atoms with Gasteiger partial charge in [0.2, 0.25) is 6.79 Å². The van der Waals surface area contributed by atoms with Gasteiger partial charge in [0.05, 0.1) is 12.4 Å². The zero-order chi connectivity index (χ0) is 21.0. The highest BCUT2D eigenvalue weighted by molar-refractivity contribution is 9.10. The van der Waals surface area contributed by atoms with Crippen molar-refractivity contribution in [2.75, 3.05) is 12.1 Å². The second-order valence-corrected chi connectivity index (χ2v) is 6.40. The van der Waals surface area contributed by atoms with E-state index in [2.05, 4.69) is 31.2 Å². The molecule has 29 heavy (non-hydrogen) atoms. The molecule has 0 saturated carbocycles. The van der Waals surface area contributed by atoms with E-state index in [1.807, 2.05) is 19.9 Å². The van der Waals surface area contributed by atoms with E-state index in [1.54, 1.807) is 12.1 Å². The van der Waals surface area contributed by atoms with Crippen LogP contribution in [0.5, 0.6) is 11.5 Å².